The van der Waals surface area contributed by atoms with E-state index in [4.69, 9.17) is 11.6 Å². The first-order valence-electron chi connectivity index (χ1n) is 6.36. The maximum atomic E-state index is 13.7. The monoisotopic (exact) mass is 304 g/mol. The summed E-state index contributed by atoms with van der Waals surface area (Å²) in [5.41, 5.74) is 1.84. The van der Waals surface area contributed by atoms with Crippen molar-refractivity contribution in [3.63, 3.8) is 0 Å². The van der Waals surface area contributed by atoms with Gasteiger partial charge in [-0.05, 0) is 17.7 Å². The highest BCUT2D eigenvalue weighted by molar-refractivity contribution is 6.33. The molecule has 2 nitrogen and oxygen atoms in total. The Labute approximate surface area is 125 Å². The molecule has 0 aliphatic heterocycles. The highest BCUT2D eigenvalue weighted by Gasteiger charge is 2.10. The van der Waals surface area contributed by atoms with Gasteiger partial charge < -0.3 is 5.32 Å². The summed E-state index contributed by atoms with van der Waals surface area (Å²) in [7, 11) is 0. The van der Waals surface area contributed by atoms with Crippen LogP contribution in [-0.2, 0) is 6.54 Å². The zero-order valence-electron chi connectivity index (χ0n) is 10.9. The van der Waals surface area contributed by atoms with E-state index in [-0.39, 0.29) is 10.7 Å². The summed E-state index contributed by atoms with van der Waals surface area (Å²) in [5.74, 6) is -1.41. The van der Waals surface area contributed by atoms with Gasteiger partial charge in [0.25, 0.3) is 0 Å². The molecule has 0 fully saturated rings. The third-order valence-corrected chi connectivity index (χ3v) is 3.48. The Morgan fingerprint density at radius 3 is 2.71 bits per heavy atom. The summed E-state index contributed by atoms with van der Waals surface area (Å²) in [6.07, 6.45) is 1.71. The summed E-state index contributed by atoms with van der Waals surface area (Å²) in [6.45, 7) is 0.344. The van der Waals surface area contributed by atoms with Crippen molar-refractivity contribution >= 4 is 28.2 Å². The highest BCUT2D eigenvalue weighted by atomic mass is 35.5. The Hall–Kier alpha value is -2.20. The number of aromatic nitrogens is 1. The number of para-hydroxylation sites is 1. The highest BCUT2D eigenvalue weighted by Crippen LogP contribution is 2.27. The van der Waals surface area contributed by atoms with Crippen molar-refractivity contribution in [3.05, 3.63) is 70.9 Å². The second-order valence-electron chi connectivity index (χ2n) is 4.59. The maximum Gasteiger partial charge on any atom is 0.150 e. The summed E-state index contributed by atoms with van der Waals surface area (Å²) >= 11 is 5.86. The van der Waals surface area contributed by atoms with Gasteiger partial charge in [-0.2, -0.15) is 0 Å². The van der Waals surface area contributed by atoms with E-state index in [2.05, 4.69) is 10.3 Å². The van der Waals surface area contributed by atoms with Crippen molar-refractivity contribution in [2.45, 2.75) is 6.54 Å². The van der Waals surface area contributed by atoms with Crippen LogP contribution in [0.15, 0.2) is 48.7 Å². The average Bonchev–Trinajstić information content (AvgIpc) is 2.46. The van der Waals surface area contributed by atoms with Crippen LogP contribution in [0.4, 0.5) is 14.5 Å². The summed E-state index contributed by atoms with van der Waals surface area (Å²) in [5, 5.41) is 3.92. The molecule has 3 rings (SSSR count). The largest absolute Gasteiger partial charge is 0.377 e. The van der Waals surface area contributed by atoms with Gasteiger partial charge in [-0.3, -0.25) is 4.98 Å². The normalized spacial score (nSPS) is 10.8. The van der Waals surface area contributed by atoms with Gasteiger partial charge >= 0.3 is 0 Å². The molecule has 0 aliphatic carbocycles. The number of pyridine rings is 1. The Morgan fingerprint density at radius 2 is 1.90 bits per heavy atom. The number of rotatable bonds is 3. The van der Waals surface area contributed by atoms with Crippen LogP contribution in [0.25, 0.3) is 10.9 Å². The Balaban J connectivity index is 1.91. The zero-order chi connectivity index (χ0) is 14.8. The van der Waals surface area contributed by atoms with E-state index in [0.29, 0.717) is 6.54 Å². The van der Waals surface area contributed by atoms with Crippen molar-refractivity contribution in [1.29, 1.82) is 0 Å². The average molecular weight is 305 g/mol. The molecule has 0 bridgehead atoms. The summed E-state index contributed by atoms with van der Waals surface area (Å²) in [4.78, 5) is 4.33. The lowest BCUT2D eigenvalue weighted by Crippen LogP contribution is -2.03. The number of nitrogens with one attached hydrogen (secondary N) is 1. The fraction of sp³-hybridized carbons (Fsp3) is 0.0625. The molecule has 3 aromatic rings. The van der Waals surface area contributed by atoms with Gasteiger partial charge in [-0.25, -0.2) is 8.78 Å². The van der Waals surface area contributed by atoms with E-state index in [1.54, 1.807) is 6.20 Å². The molecule has 0 aliphatic rings. The third-order valence-electron chi connectivity index (χ3n) is 3.18. The summed E-state index contributed by atoms with van der Waals surface area (Å²) < 4.78 is 26.7. The predicted octanol–water partition coefficient (Wildman–Crippen LogP) is 4.78. The molecular weight excluding hydrogens is 294 g/mol. The van der Waals surface area contributed by atoms with Crippen LogP contribution in [0.1, 0.15) is 5.56 Å². The van der Waals surface area contributed by atoms with E-state index >= 15 is 0 Å². The van der Waals surface area contributed by atoms with Crippen LogP contribution in [0.3, 0.4) is 0 Å². The van der Waals surface area contributed by atoms with Crippen LogP contribution < -0.4 is 5.32 Å². The van der Waals surface area contributed by atoms with Crippen molar-refractivity contribution in [1.82, 2.24) is 4.98 Å². The standard InChI is InChI=1S/C16H11ClF2N2/c17-13-7-12(18)8-14(19)16(13)21-9-11-4-1-3-10-5-2-6-20-15(10)11/h1-8,21H,9H2. The minimum absolute atomic E-state index is 0.0145. The molecule has 106 valence electrons. The zero-order valence-corrected chi connectivity index (χ0v) is 11.7. The topological polar surface area (TPSA) is 24.9 Å². The maximum absolute atomic E-state index is 13.7. The molecule has 1 aromatic heterocycles. The quantitative estimate of drug-likeness (QED) is 0.753. The SMILES string of the molecule is Fc1cc(F)c(NCc2cccc3cccnc23)c(Cl)c1. The van der Waals surface area contributed by atoms with Crippen LogP contribution in [-0.4, -0.2) is 4.98 Å². The first-order chi connectivity index (χ1) is 10.1. The first kappa shape index (κ1) is 13.8. The Morgan fingerprint density at radius 1 is 1.10 bits per heavy atom. The summed E-state index contributed by atoms with van der Waals surface area (Å²) in [6, 6.07) is 11.5. The number of halogens is 3. The fourth-order valence-corrected chi connectivity index (χ4v) is 2.47. The van der Waals surface area contributed by atoms with E-state index in [1.807, 2.05) is 30.3 Å². The van der Waals surface area contributed by atoms with E-state index in [1.165, 1.54) is 0 Å². The number of hydrogen-bond acceptors (Lipinski definition) is 2. The molecule has 2 aromatic carbocycles. The number of hydrogen-bond donors (Lipinski definition) is 1. The van der Waals surface area contributed by atoms with Gasteiger partial charge in [0.15, 0.2) is 5.82 Å². The van der Waals surface area contributed by atoms with Crippen molar-refractivity contribution in [3.8, 4) is 0 Å². The number of anilines is 1. The molecule has 5 heteroatoms. The Kier molecular flexibility index (Phi) is 3.71. The fourth-order valence-electron chi connectivity index (χ4n) is 2.20. The lowest BCUT2D eigenvalue weighted by atomic mass is 10.1. The molecule has 1 N–H and O–H groups in total. The van der Waals surface area contributed by atoms with Crippen molar-refractivity contribution in [2.75, 3.05) is 5.32 Å². The van der Waals surface area contributed by atoms with Gasteiger partial charge in [0.05, 0.1) is 16.2 Å². The molecule has 0 radical (unpaired) electrons. The minimum Gasteiger partial charge on any atom is -0.377 e. The van der Waals surface area contributed by atoms with Crippen molar-refractivity contribution in [2.24, 2.45) is 0 Å². The van der Waals surface area contributed by atoms with E-state index < -0.39 is 11.6 Å². The number of nitrogens with zero attached hydrogens (tertiary/aromatic N) is 1. The lowest BCUT2D eigenvalue weighted by molar-refractivity contribution is 0.585. The molecule has 0 saturated carbocycles. The third kappa shape index (κ3) is 2.81. The molecular formula is C16H11ClF2N2. The molecule has 21 heavy (non-hydrogen) atoms. The minimum atomic E-state index is -0.715. The second kappa shape index (κ2) is 5.66. The number of fused-ring (bicyclic) bond motifs is 1. The van der Waals surface area contributed by atoms with E-state index in [9.17, 15) is 8.78 Å². The van der Waals surface area contributed by atoms with Gasteiger partial charge in [-0.15, -0.1) is 0 Å². The molecule has 0 saturated heterocycles. The van der Waals surface area contributed by atoms with Crippen LogP contribution in [0.2, 0.25) is 5.02 Å². The first-order valence-corrected chi connectivity index (χ1v) is 6.74. The van der Waals surface area contributed by atoms with Gasteiger partial charge in [-0.1, -0.05) is 35.9 Å². The molecule has 1 heterocycles. The molecule has 0 spiro atoms. The van der Waals surface area contributed by atoms with Crippen LogP contribution in [0, 0.1) is 11.6 Å². The lowest BCUT2D eigenvalue weighted by Gasteiger charge is -2.11. The van der Waals surface area contributed by atoms with E-state index in [0.717, 1.165) is 28.6 Å². The van der Waals surface area contributed by atoms with Crippen LogP contribution >= 0.6 is 11.6 Å². The second-order valence-corrected chi connectivity index (χ2v) is 5.00. The van der Waals surface area contributed by atoms with Crippen molar-refractivity contribution < 1.29 is 8.78 Å². The Bertz CT molecular complexity index is 777. The number of benzene rings is 2. The van der Waals surface area contributed by atoms with Gasteiger partial charge in [0.1, 0.15) is 5.82 Å². The predicted molar refractivity (Wildman–Crippen MR) is 80.4 cm³/mol. The smallest absolute Gasteiger partial charge is 0.150 e. The molecule has 0 atom stereocenters. The van der Waals surface area contributed by atoms with Crippen LogP contribution in [0.5, 0.6) is 0 Å². The molecule has 0 amide bonds. The molecule has 0 unspecified atom stereocenters. The van der Waals surface area contributed by atoms with Gasteiger partial charge in [0, 0.05) is 24.2 Å². The van der Waals surface area contributed by atoms with Gasteiger partial charge in [0.2, 0.25) is 0 Å².